The molecular weight excluding hydrogens is 1030 g/mol. The molecule has 71 heavy (non-hydrogen) atoms. The van der Waals surface area contributed by atoms with Crippen LogP contribution in [-0.4, -0.2) is 74.3 Å². The van der Waals surface area contributed by atoms with E-state index in [0.29, 0.717) is 11.5 Å². The van der Waals surface area contributed by atoms with E-state index in [-0.39, 0.29) is 98.9 Å². The molecule has 0 spiro atoms. The van der Waals surface area contributed by atoms with Crippen LogP contribution in [0.5, 0.6) is 23.0 Å². The molecule has 0 saturated heterocycles. The van der Waals surface area contributed by atoms with Crippen LogP contribution >= 0.6 is 46.4 Å². The van der Waals surface area contributed by atoms with Crippen molar-refractivity contribution in [1.82, 2.24) is 19.9 Å². The molecule has 4 aromatic carbocycles. The Balaban J connectivity index is 1.26. The van der Waals surface area contributed by atoms with Gasteiger partial charge in [0.15, 0.2) is 17.3 Å². The number of ether oxygens (including phenoxy) is 4. The van der Waals surface area contributed by atoms with Crippen LogP contribution in [0.2, 0.25) is 10.0 Å². The van der Waals surface area contributed by atoms with E-state index < -0.39 is 37.0 Å². The molecule has 22 heteroatoms. The molecule has 2 aromatic heterocycles. The quantitative estimate of drug-likeness (QED) is 0.0639. The number of nitriles is 2. The Morgan fingerprint density at radius 2 is 1.13 bits per heavy atom. The summed E-state index contributed by atoms with van der Waals surface area (Å²) in [6, 6.07) is 28.7. The second kappa shape index (κ2) is 22.5. The number of aromatic nitrogens is 4. The van der Waals surface area contributed by atoms with Crippen LogP contribution < -0.4 is 28.4 Å². The molecule has 0 aliphatic heterocycles. The van der Waals surface area contributed by atoms with Gasteiger partial charge < -0.3 is 18.9 Å². The SMILES string of the molecule is CC(Oc1ccc(C(C)(C)c2cc(Cl)c(OCCCl)c(C#N)c2)cc1)c1cc(-c2nc(COc3ccc(C(C)(C)c4cc(Cl)c(OCCCl)c(C#N)c4)cc3)cc(NS(C)(=O)=O)n2)nc(NS(C)(=O)=O)n1. The van der Waals surface area contributed by atoms with Crippen molar-refractivity contribution in [2.75, 3.05) is 46.9 Å². The number of nitrogens with one attached hydrogen (secondary N) is 2. The highest BCUT2D eigenvalue weighted by Gasteiger charge is 2.28. The first-order chi connectivity index (χ1) is 33.4. The lowest BCUT2D eigenvalue weighted by atomic mass is 9.77. The predicted octanol–water partition coefficient (Wildman–Crippen LogP) is 10.3. The highest BCUT2D eigenvalue weighted by atomic mass is 35.5. The third kappa shape index (κ3) is 13.9. The zero-order valence-electron chi connectivity index (χ0n) is 39.5. The van der Waals surface area contributed by atoms with Gasteiger partial charge >= 0.3 is 0 Å². The van der Waals surface area contributed by atoms with Gasteiger partial charge in [0, 0.05) is 16.9 Å². The van der Waals surface area contributed by atoms with Crippen LogP contribution in [0.4, 0.5) is 11.8 Å². The molecule has 6 aromatic rings. The molecule has 16 nitrogen and oxygen atoms in total. The molecule has 1 unspecified atom stereocenters. The van der Waals surface area contributed by atoms with E-state index in [1.54, 1.807) is 55.5 Å². The van der Waals surface area contributed by atoms with Gasteiger partial charge in [-0.25, -0.2) is 36.8 Å². The van der Waals surface area contributed by atoms with Crippen LogP contribution in [0.15, 0.2) is 84.9 Å². The smallest absolute Gasteiger partial charge is 0.237 e. The fraction of sp³-hybridized carbons (Fsp3) is 0.306. The zero-order valence-corrected chi connectivity index (χ0v) is 44.1. The minimum atomic E-state index is -3.89. The molecule has 6 rings (SSSR count). The summed E-state index contributed by atoms with van der Waals surface area (Å²) in [5.74, 6) is 1.41. The number of rotatable bonds is 21. The van der Waals surface area contributed by atoms with Gasteiger partial charge in [0.05, 0.1) is 56.8 Å². The van der Waals surface area contributed by atoms with Crippen molar-refractivity contribution >= 4 is 78.2 Å². The normalized spacial score (nSPS) is 12.3. The summed E-state index contributed by atoms with van der Waals surface area (Å²) < 4.78 is 78.2. The molecule has 1 atom stereocenters. The van der Waals surface area contributed by atoms with Crippen LogP contribution in [0.3, 0.4) is 0 Å². The lowest BCUT2D eigenvalue weighted by Crippen LogP contribution is -2.19. The van der Waals surface area contributed by atoms with Gasteiger partial charge in [0.25, 0.3) is 0 Å². The molecule has 0 amide bonds. The largest absolute Gasteiger partial charge is 0.489 e. The second-order valence-electron chi connectivity index (χ2n) is 17.1. The Morgan fingerprint density at radius 3 is 1.59 bits per heavy atom. The molecule has 0 fully saturated rings. The maximum absolute atomic E-state index is 12.5. The summed E-state index contributed by atoms with van der Waals surface area (Å²) in [5.41, 5.74) is 3.17. The second-order valence-corrected chi connectivity index (χ2v) is 22.2. The highest BCUT2D eigenvalue weighted by Crippen LogP contribution is 2.41. The topological polar surface area (TPSA) is 228 Å². The average Bonchev–Trinajstić information content (AvgIpc) is 3.31. The molecular formula is C49H48Cl4N8O8S2. The number of hydrogen-bond donors (Lipinski definition) is 2. The summed E-state index contributed by atoms with van der Waals surface area (Å²) in [7, 11) is -7.72. The first-order valence-electron chi connectivity index (χ1n) is 21.5. The van der Waals surface area contributed by atoms with E-state index in [2.05, 4.69) is 41.5 Å². The van der Waals surface area contributed by atoms with E-state index in [9.17, 15) is 27.4 Å². The van der Waals surface area contributed by atoms with E-state index in [1.807, 2.05) is 52.0 Å². The molecule has 0 bridgehead atoms. The molecule has 2 N–H and O–H groups in total. The number of hydrogen-bond acceptors (Lipinski definition) is 14. The van der Waals surface area contributed by atoms with Crippen LogP contribution in [0.1, 0.15) is 85.5 Å². The van der Waals surface area contributed by atoms with Gasteiger partial charge in [-0.2, -0.15) is 10.5 Å². The first-order valence-corrected chi connectivity index (χ1v) is 27.1. The molecule has 0 aliphatic rings. The van der Waals surface area contributed by atoms with Crippen LogP contribution in [0, 0.1) is 22.7 Å². The average molecular weight is 1080 g/mol. The van der Waals surface area contributed by atoms with Gasteiger partial charge in [-0.15, -0.1) is 23.2 Å². The van der Waals surface area contributed by atoms with Crippen LogP contribution in [-0.2, 0) is 37.5 Å². The van der Waals surface area contributed by atoms with Gasteiger partial charge in [-0.3, -0.25) is 9.44 Å². The van der Waals surface area contributed by atoms with Crippen molar-refractivity contribution in [2.24, 2.45) is 0 Å². The number of alkyl halides is 2. The van der Waals surface area contributed by atoms with E-state index in [4.69, 9.17) is 65.4 Å². The van der Waals surface area contributed by atoms with Crippen molar-refractivity contribution in [3.05, 3.63) is 140 Å². The molecule has 0 radical (unpaired) electrons. The highest BCUT2D eigenvalue weighted by molar-refractivity contribution is 7.92. The summed E-state index contributed by atoms with van der Waals surface area (Å²) in [4.78, 5) is 17.9. The summed E-state index contributed by atoms with van der Waals surface area (Å²) >= 11 is 24.7. The zero-order chi connectivity index (χ0) is 51.9. The number of sulfonamides is 2. The maximum Gasteiger partial charge on any atom is 0.237 e. The van der Waals surface area contributed by atoms with E-state index in [1.165, 1.54) is 12.1 Å². The van der Waals surface area contributed by atoms with Gasteiger partial charge in [0.2, 0.25) is 26.0 Å². The number of halogens is 4. The lowest BCUT2D eigenvalue weighted by Gasteiger charge is -2.27. The third-order valence-corrected chi connectivity index (χ3v) is 13.0. The predicted molar refractivity (Wildman–Crippen MR) is 275 cm³/mol. The minimum absolute atomic E-state index is 0.0338. The Bertz CT molecular complexity index is 3240. The van der Waals surface area contributed by atoms with Crippen molar-refractivity contribution in [1.29, 1.82) is 10.5 Å². The van der Waals surface area contributed by atoms with Crippen molar-refractivity contribution < 1.29 is 35.8 Å². The van der Waals surface area contributed by atoms with Crippen molar-refractivity contribution in [3.63, 3.8) is 0 Å². The Hall–Kier alpha value is -6.12. The fourth-order valence-corrected chi connectivity index (χ4v) is 8.86. The first kappa shape index (κ1) is 54.2. The number of anilines is 2. The summed E-state index contributed by atoms with van der Waals surface area (Å²) in [6.45, 7) is 9.90. The van der Waals surface area contributed by atoms with E-state index >= 15 is 0 Å². The Labute approximate surface area is 433 Å². The molecule has 2 heterocycles. The van der Waals surface area contributed by atoms with E-state index in [0.717, 1.165) is 34.8 Å². The van der Waals surface area contributed by atoms with Crippen molar-refractivity contribution in [2.45, 2.75) is 58.2 Å². The monoisotopic (exact) mass is 1080 g/mol. The number of nitrogens with zero attached hydrogens (tertiary/aromatic N) is 6. The minimum Gasteiger partial charge on any atom is -0.489 e. The standard InChI is InChI=1S/C49H48Cl4N8O8S2/c1-29(69-38-14-10-33(11-15-38)49(4,5)35-21-31(27-55)45(40(53)23-35)67-19-17-51)41-25-42(58-47(57-41)61-71(7,64)65)46-56-36(24-43(59-46)60-70(6,62)63)28-68-37-12-8-32(9-13-37)48(2,3)34-20-30(26-54)44(39(52)22-34)66-18-16-50/h8-15,20-25,29H,16-19,28H2,1-7H3,(H,56,59,60)(H,57,58,61). The molecule has 0 aliphatic carbocycles. The molecule has 0 saturated carbocycles. The van der Waals surface area contributed by atoms with Gasteiger partial charge in [0.1, 0.15) is 61.1 Å². The lowest BCUT2D eigenvalue weighted by molar-refractivity contribution is 0.222. The Kier molecular flexibility index (Phi) is 17.2. The summed E-state index contributed by atoms with van der Waals surface area (Å²) in [6.07, 6.45) is 1.10. The summed E-state index contributed by atoms with van der Waals surface area (Å²) in [5, 5.41) is 20.3. The Morgan fingerprint density at radius 1 is 0.634 bits per heavy atom. The van der Waals surface area contributed by atoms with Gasteiger partial charge in [-0.1, -0.05) is 75.2 Å². The van der Waals surface area contributed by atoms with Crippen molar-refractivity contribution in [3.8, 4) is 46.7 Å². The maximum atomic E-state index is 12.5. The third-order valence-electron chi connectivity index (χ3n) is 11.0. The van der Waals surface area contributed by atoms with Crippen LogP contribution in [0.25, 0.3) is 11.5 Å². The number of benzene rings is 4. The van der Waals surface area contributed by atoms with Gasteiger partial charge in [-0.05, 0) is 83.8 Å². The molecule has 372 valence electrons. The fourth-order valence-electron chi connectivity index (χ4n) is 7.25.